The Bertz CT molecular complexity index is 1240. The van der Waals surface area contributed by atoms with E-state index >= 15 is 0 Å². The van der Waals surface area contributed by atoms with Gasteiger partial charge in [0.1, 0.15) is 5.82 Å². The van der Waals surface area contributed by atoms with Crippen molar-refractivity contribution >= 4 is 17.7 Å². The molecule has 4 rings (SSSR count). The van der Waals surface area contributed by atoms with Crippen molar-refractivity contribution in [1.29, 1.82) is 0 Å². The highest BCUT2D eigenvalue weighted by atomic mass is 32.2. The van der Waals surface area contributed by atoms with E-state index in [1.807, 2.05) is 48.5 Å². The topological polar surface area (TPSA) is 59.8 Å². The molecule has 4 aromatic rings. The molecule has 1 atom stereocenters. The number of thioether (sulfide) groups is 1. The van der Waals surface area contributed by atoms with Gasteiger partial charge in [-0.2, -0.15) is 0 Å². The van der Waals surface area contributed by atoms with Gasteiger partial charge in [-0.15, -0.1) is 16.8 Å². The summed E-state index contributed by atoms with van der Waals surface area (Å²) in [5, 5.41) is 12.1. The van der Waals surface area contributed by atoms with Gasteiger partial charge >= 0.3 is 0 Å². The third kappa shape index (κ3) is 5.80. The SMILES string of the molecule is C=CCn1c(SCC(=O)NC(Cc2ccccc2)c2ccccc2)nnc1-c1ccccc1F. The Labute approximate surface area is 202 Å². The van der Waals surface area contributed by atoms with Gasteiger partial charge in [0, 0.05) is 6.54 Å². The van der Waals surface area contributed by atoms with Crippen LogP contribution in [-0.2, 0) is 17.8 Å². The normalized spacial score (nSPS) is 11.7. The smallest absolute Gasteiger partial charge is 0.230 e. The molecule has 1 amide bonds. The lowest BCUT2D eigenvalue weighted by atomic mass is 9.99. The van der Waals surface area contributed by atoms with Crippen molar-refractivity contribution in [3.63, 3.8) is 0 Å². The van der Waals surface area contributed by atoms with Crippen molar-refractivity contribution in [2.45, 2.75) is 24.2 Å². The average molecular weight is 473 g/mol. The molecule has 5 nitrogen and oxygen atoms in total. The van der Waals surface area contributed by atoms with Gasteiger partial charge < -0.3 is 5.32 Å². The van der Waals surface area contributed by atoms with E-state index in [1.54, 1.807) is 28.8 Å². The highest BCUT2D eigenvalue weighted by Gasteiger charge is 2.19. The summed E-state index contributed by atoms with van der Waals surface area (Å²) < 4.78 is 16.1. The van der Waals surface area contributed by atoms with E-state index in [1.165, 1.54) is 17.8 Å². The predicted molar refractivity (Wildman–Crippen MR) is 134 cm³/mol. The molecule has 1 unspecified atom stereocenters. The molecule has 1 N–H and O–H groups in total. The zero-order chi connectivity index (χ0) is 23.8. The highest BCUT2D eigenvalue weighted by Crippen LogP contribution is 2.26. The summed E-state index contributed by atoms with van der Waals surface area (Å²) in [5.74, 6) is 0.0775. The minimum Gasteiger partial charge on any atom is -0.348 e. The fourth-order valence-corrected chi connectivity index (χ4v) is 4.44. The molecule has 0 bridgehead atoms. The van der Waals surface area contributed by atoms with Crippen molar-refractivity contribution < 1.29 is 9.18 Å². The van der Waals surface area contributed by atoms with Crippen LogP contribution in [0.1, 0.15) is 17.2 Å². The Morgan fingerprint density at radius 2 is 1.68 bits per heavy atom. The first kappa shape index (κ1) is 23.4. The first-order valence-electron chi connectivity index (χ1n) is 11.0. The van der Waals surface area contributed by atoms with E-state index in [-0.39, 0.29) is 23.5 Å². The van der Waals surface area contributed by atoms with Crippen molar-refractivity contribution in [2.75, 3.05) is 5.75 Å². The fourth-order valence-electron chi connectivity index (χ4n) is 3.68. The lowest BCUT2D eigenvalue weighted by Gasteiger charge is -2.19. The third-order valence-corrected chi connectivity index (χ3v) is 6.26. The monoisotopic (exact) mass is 472 g/mol. The Morgan fingerprint density at radius 1 is 1.00 bits per heavy atom. The van der Waals surface area contributed by atoms with Crippen molar-refractivity contribution in [3.8, 4) is 11.4 Å². The van der Waals surface area contributed by atoms with Gasteiger partial charge in [-0.05, 0) is 29.7 Å². The lowest BCUT2D eigenvalue weighted by Crippen LogP contribution is -2.31. The second-order valence-corrected chi connectivity index (χ2v) is 8.64. The first-order chi connectivity index (χ1) is 16.7. The van der Waals surface area contributed by atoms with Crippen LogP contribution >= 0.6 is 11.8 Å². The molecule has 0 aliphatic carbocycles. The van der Waals surface area contributed by atoms with Gasteiger partial charge in [-0.1, -0.05) is 90.6 Å². The molecular formula is C27H25FN4OS. The molecule has 1 aromatic heterocycles. The molecule has 34 heavy (non-hydrogen) atoms. The van der Waals surface area contributed by atoms with Crippen LogP contribution in [0.5, 0.6) is 0 Å². The molecule has 3 aromatic carbocycles. The standard InChI is InChI=1S/C27H25FN4OS/c1-2-17-32-26(22-15-9-10-16-23(22)28)30-31-27(32)34-19-25(33)29-24(21-13-7-4-8-14-21)18-20-11-5-3-6-12-20/h2-16,24H,1,17-19H2,(H,29,33). The van der Waals surface area contributed by atoms with Gasteiger partial charge in [-0.25, -0.2) is 4.39 Å². The van der Waals surface area contributed by atoms with Crippen molar-refractivity contribution in [1.82, 2.24) is 20.1 Å². The number of hydrogen-bond acceptors (Lipinski definition) is 4. The lowest BCUT2D eigenvalue weighted by molar-refractivity contribution is -0.119. The quantitative estimate of drug-likeness (QED) is 0.246. The van der Waals surface area contributed by atoms with E-state index in [0.29, 0.717) is 29.5 Å². The van der Waals surface area contributed by atoms with Crippen LogP contribution in [0.15, 0.2) is 103 Å². The number of aromatic nitrogens is 3. The Morgan fingerprint density at radius 3 is 2.38 bits per heavy atom. The molecule has 0 fully saturated rings. The molecule has 7 heteroatoms. The van der Waals surface area contributed by atoms with Crippen molar-refractivity contribution in [2.24, 2.45) is 0 Å². The number of carbonyl (C=O) groups excluding carboxylic acids is 1. The molecule has 1 heterocycles. The van der Waals surface area contributed by atoms with Crippen LogP contribution in [0.25, 0.3) is 11.4 Å². The fraction of sp³-hybridized carbons (Fsp3) is 0.148. The highest BCUT2D eigenvalue weighted by molar-refractivity contribution is 7.99. The maximum Gasteiger partial charge on any atom is 0.230 e. The predicted octanol–water partition coefficient (Wildman–Crippen LogP) is 5.46. The first-order valence-corrected chi connectivity index (χ1v) is 11.9. The number of hydrogen-bond donors (Lipinski definition) is 1. The molecule has 0 radical (unpaired) electrons. The van der Waals surface area contributed by atoms with E-state index in [2.05, 4.69) is 34.2 Å². The average Bonchev–Trinajstić information content (AvgIpc) is 3.26. The van der Waals surface area contributed by atoms with Crippen LogP contribution in [0, 0.1) is 5.82 Å². The number of allylic oxidation sites excluding steroid dienone is 1. The second-order valence-electron chi connectivity index (χ2n) is 7.69. The minimum atomic E-state index is -0.374. The molecule has 0 saturated heterocycles. The van der Waals surface area contributed by atoms with Gasteiger partial charge in [0.25, 0.3) is 0 Å². The summed E-state index contributed by atoms with van der Waals surface area (Å²) in [6, 6.07) is 26.3. The van der Waals surface area contributed by atoms with Crippen LogP contribution in [0.4, 0.5) is 4.39 Å². The zero-order valence-electron chi connectivity index (χ0n) is 18.6. The van der Waals surface area contributed by atoms with Gasteiger partial charge in [-0.3, -0.25) is 9.36 Å². The Kier molecular flexibility index (Phi) is 7.88. The number of amides is 1. The van der Waals surface area contributed by atoms with Gasteiger partial charge in [0.15, 0.2) is 11.0 Å². The van der Waals surface area contributed by atoms with Crippen LogP contribution < -0.4 is 5.32 Å². The van der Waals surface area contributed by atoms with Crippen LogP contribution in [0.2, 0.25) is 0 Å². The van der Waals surface area contributed by atoms with Gasteiger partial charge in [0.2, 0.25) is 5.91 Å². The van der Waals surface area contributed by atoms with Gasteiger partial charge in [0.05, 0.1) is 17.4 Å². The number of rotatable bonds is 10. The Balaban J connectivity index is 1.48. The maximum absolute atomic E-state index is 14.3. The summed E-state index contributed by atoms with van der Waals surface area (Å²) >= 11 is 1.27. The zero-order valence-corrected chi connectivity index (χ0v) is 19.4. The number of carbonyl (C=O) groups is 1. The number of nitrogens with one attached hydrogen (secondary N) is 1. The summed E-state index contributed by atoms with van der Waals surface area (Å²) in [6.45, 7) is 4.19. The molecule has 172 valence electrons. The molecule has 0 aliphatic heterocycles. The van der Waals surface area contributed by atoms with E-state index < -0.39 is 0 Å². The number of halogens is 1. The number of benzene rings is 3. The molecule has 0 aliphatic rings. The molecular weight excluding hydrogens is 447 g/mol. The summed E-state index contributed by atoms with van der Waals surface area (Å²) in [7, 11) is 0. The summed E-state index contributed by atoms with van der Waals surface area (Å²) in [5.41, 5.74) is 2.55. The van der Waals surface area contributed by atoms with E-state index in [4.69, 9.17) is 0 Å². The maximum atomic E-state index is 14.3. The minimum absolute atomic E-state index is 0.115. The largest absolute Gasteiger partial charge is 0.348 e. The molecule has 0 saturated carbocycles. The van der Waals surface area contributed by atoms with Crippen LogP contribution in [-0.4, -0.2) is 26.4 Å². The summed E-state index contributed by atoms with van der Waals surface area (Å²) in [4.78, 5) is 12.9. The molecule has 0 spiro atoms. The van der Waals surface area contributed by atoms with Crippen molar-refractivity contribution in [3.05, 3.63) is 115 Å². The third-order valence-electron chi connectivity index (χ3n) is 5.30. The summed E-state index contributed by atoms with van der Waals surface area (Å²) in [6.07, 6.45) is 2.38. The van der Waals surface area contributed by atoms with E-state index in [0.717, 1.165) is 11.1 Å². The Hall–Kier alpha value is -3.71. The van der Waals surface area contributed by atoms with E-state index in [9.17, 15) is 9.18 Å². The number of nitrogens with zero attached hydrogens (tertiary/aromatic N) is 3. The second kappa shape index (κ2) is 11.4. The van der Waals surface area contributed by atoms with Crippen LogP contribution in [0.3, 0.4) is 0 Å².